The fourth-order valence-electron chi connectivity index (χ4n) is 2.86. The van der Waals surface area contributed by atoms with E-state index < -0.39 is 5.97 Å². The average Bonchev–Trinajstić information content (AvgIpc) is 3.21. The smallest absolute Gasteiger partial charge is 0.306 e. The molecule has 1 fully saturated rings. The van der Waals surface area contributed by atoms with E-state index in [0.717, 1.165) is 0 Å². The summed E-state index contributed by atoms with van der Waals surface area (Å²) in [7, 11) is 0. The van der Waals surface area contributed by atoms with Crippen LogP contribution in [0.5, 0.6) is 11.5 Å². The van der Waals surface area contributed by atoms with Gasteiger partial charge in [0, 0.05) is 6.07 Å². The maximum Gasteiger partial charge on any atom is 0.306 e. The molecular weight excluding hydrogens is 287 g/mol. The van der Waals surface area contributed by atoms with E-state index in [-0.39, 0.29) is 23.6 Å². The van der Waals surface area contributed by atoms with Crippen LogP contribution in [0.1, 0.15) is 45.1 Å². The van der Waals surface area contributed by atoms with E-state index >= 15 is 0 Å². The molecule has 3 unspecified atom stereocenters. The molecule has 1 aliphatic carbocycles. The lowest BCUT2D eigenvalue weighted by Crippen LogP contribution is -2.06. The van der Waals surface area contributed by atoms with Crippen molar-refractivity contribution >= 4 is 5.97 Å². The molecule has 1 aliphatic rings. The number of carboxylic acids is 1. The summed E-state index contributed by atoms with van der Waals surface area (Å²) in [5.74, 6) is -0.296. The molecule has 1 aromatic rings. The van der Waals surface area contributed by atoms with Gasteiger partial charge in [-0.1, -0.05) is 6.92 Å². The summed E-state index contributed by atoms with van der Waals surface area (Å²) in [5.41, 5.74) is 0.558. The lowest BCUT2D eigenvalue weighted by atomic mass is 9.94. The minimum atomic E-state index is -0.751. The van der Waals surface area contributed by atoms with Crippen LogP contribution in [0.25, 0.3) is 0 Å². The molecule has 4 nitrogen and oxygen atoms in total. The van der Waals surface area contributed by atoms with Crippen molar-refractivity contribution in [3.8, 4) is 11.5 Å². The minimum Gasteiger partial charge on any atom is -0.490 e. The zero-order valence-electron chi connectivity index (χ0n) is 13.3. The van der Waals surface area contributed by atoms with Gasteiger partial charge < -0.3 is 14.6 Å². The first-order valence-electron chi connectivity index (χ1n) is 7.79. The fraction of sp³-hybridized carbons (Fsp3) is 0.588. The van der Waals surface area contributed by atoms with Gasteiger partial charge >= 0.3 is 5.97 Å². The molecule has 0 spiro atoms. The molecule has 0 heterocycles. The molecule has 0 amide bonds. The second kappa shape index (κ2) is 6.99. The minimum absolute atomic E-state index is 0.0516. The van der Waals surface area contributed by atoms with Gasteiger partial charge in [0.15, 0.2) is 11.5 Å². The topological polar surface area (TPSA) is 55.8 Å². The van der Waals surface area contributed by atoms with E-state index in [1.54, 1.807) is 6.07 Å². The van der Waals surface area contributed by atoms with Gasteiger partial charge in [-0.3, -0.25) is 4.79 Å². The predicted octanol–water partition coefficient (Wildman–Crippen LogP) is 3.84. The first-order valence-corrected chi connectivity index (χ1v) is 7.79. The monoisotopic (exact) mass is 310 g/mol. The lowest BCUT2D eigenvalue weighted by molar-refractivity contribution is -0.138. The Morgan fingerprint density at radius 3 is 2.41 bits per heavy atom. The van der Waals surface area contributed by atoms with Crippen LogP contribution in [0.4, 0.5) is 4.39 Å². The molecule has 1 aromatic carbocycles. The van der Waals surface area contributed by atoms with Crippen LogP contribution < -0.4 is 9.47 Å². The number of hydrogen-bond acceptors (Lipinski definition) is 3. The third kappa shape index (κ3) is 3.70. The van der Waals surface area contributed by atoms with E-state index in [9.17, 15) is 9.18 Å². The summed E-state index contributed by atoms with van der Waals surface area (Å²) in [5, 5.41) is 8.96. The predicted molar refractivity (Wildman–Crippen MR) is 81.0 cm³/mol. The highest BCUT2D eigenvalue weighted by Crippen LogP contribution is 2.46. The molecule has 1 saturated carbocycles. The molecule has 3 atom stereocenters. The molecule has 2 rings (SSSR count). The summed E-state index contributed by atoms with van der Waals surface area (Å²) in [6.07, 6.45) is 1.37. The third-order valence-corrected chi connectivity index (χ3v) is 4.09. The number of hydrogen-bond donors (Lipinski definition) is 1. The van der Waals surface area contributed by atoms with Gasteiger partial charge in [0.25, 0.3) is 0 Å². The van der Waals surface area contributed by atoms with Gasteiger partial charge in [0.1, 0.15) is 5.82 Å². The highest BCUT2D eigenvalue weighted by molar-refractivity contribution is 5.73. The Hall–Kier alpha value is -1.78. The number of benzene rings is 1. The van der Waals surface area contributed by atoms with Crippen LogP contribution in [0, 0.1) is 17.7 Å². The van der Waals surface area contributed by atoms with Crippen LogP contribution in [0.2, 0.25) is 0 Å². The van der Waals surface area contributed by atoms with Crippen molar-refractivity contribution < 1.29 is 23.8 Å². The van der Waals surface area contributed by atoms with Crippen LogP contribution in [0.3, 0.4) is 0 Å². The quantitative estimate of drug-likeness (QED) is 0.792. The molecule has 0 radical (unpaired) electrons. The molecule has 0 aliphatic heterocycles. The fourth-order valence-corrected chi connectivity index (χ4v) is 2.86. The van der Waals surface area contributed by atoms with E-state index in [1.165, 1.54) is 6.07 Å². The maximum atomic E-state index is 14.3. The van der Waals surface area contributed by atoms with E-state index in [2.05, 4.69) is 0 Å². The van der Waals surface area contributed by atoms with Crippen LogP contribution in [0.15, 0.2) is 12.1 Å². The van der Waals surface area contributed by atoms with Crippen LogP contribution >= 0.6 is 0 Å². The highest BCUT2D eigenvalue weighted by Gasteiger charge is 2.43. The summed E-state index contributed by atoms with van der Waals surface area (Å²) >= 11 is 0. The molecule has 1 N–H and O–H groups in total. The highest BCUT2D eigenvalue weighted by atomic mass is 19.1. The molecule has 22 heavy (non-hydrogen) atoms. The number of aliphatic carboxylic acids is 1. The first-order chi connectivity index (χ1) is 10.5. The Kier molecular flexibility index (Phi) is 5.27. The maximum absolute atomic E-state index is 14.3. The number of rotatable bonds is 8. The van der Waals surface area contributed by atoms with Gasteiger partial charge in [-0.2, -0.15) is 0 Å². The Balaban J connectivity index is 2.15. The molecule has 122 valence electrons. The van der Waals surface area contributed by atoms with Gasteiger partial charge in [0.05, 0.1) is 19.1 Å². The summed E-state index contributed by atoms with van der Waals surface area (Å²) in [6.45, 7) is 6.54. The summed E-state index contributed by atoms with van der Waals surface area (Å²) < 4.78 is 25.3. The van der Waals surface area contributed by atoms with Crippen LogP contribution in [-0.4, -0.2) is 24.3 Å². The Bertz CT molecular complexity index is 544. The van der Waals surface area contributed by atoms with Crippen molar-refractivity contribution in [2.24, 2.45) is 11.8 Å². The summed E-state index contributed by atoms with van der Waals surface area (Å²) in [6, 6.07) is 3.05. The Morgan fingerprint density at radius 1 is 1.32 bits per heavy atom. The number of carbonyl (C=O) groups is 1. The summed E-state index contributed by atoms with van der Waals surface area (Å²) in [4.78, 5) is 10.9. The van der Waals surface area contributed by atoms with Crippen molar-refractivity contribution in [3.63, 3.8) is 0 Å². The normalized spacial score (nSPS) is 21.3. The molecular formula is C17H23FO4. The number of halogens is 1. The zero-order chi connectivity index (χ0) is 16.3. The molecule has 5 heteroatoms. The zero-order valence-corrected chi connectivity index (χ0v) is 13.3. The molecule has 0 saturated heterocycles. The average molecular weight is 310 g/mol. The van der Waals surface area contributed by atoms with Crippen molar-refractivity contribution in [2.75, 3.05) is 13.2 Å². The van der Waals surface area contributed by atoms with Crippen LogP contribution in [-0.2, 0) is 4.79 Å². The van der Waals surface area contributed by atoms with E-state index in [0.29, 0.717) is 43.1 Å². The van der Waals surface area contributed by atoms with E-state index in [1.807, 2.05) is 20.8 Å². The standard InChI is InChI=1S/C17H23FO4/c1-4-21-15-8-12(14(18)9-16(15)22-5-2)10(3)6-11-7-13(11)17(19)20/h8-11,13H,4-7H2,1-3H3,(H,19,20). The van der Waals surface area contributed by atoms with Crippen molar-refractivity contribution in [1.29, 1.82) is 0 Å². The second-order valence-corrected chi connectivity index (χ2v) is 5.76. The Morgan fingerprint density at radius 2 is 1.91 bits per heavy atom. The second-order valence-electron chi connectivity index (χ2n) is 5.76. The van der Waals surface area contributed by atoms with Gasteiger partial charge in [-0.05, 0) is 50.2 Å². The lowest BCUT2D eigenvalue weighted by Gasteiger charge is -2.17. The number of carboxylic acid groups (broad SMARTS) is 1. The SMILES string of the molecule is CCOc1cc(F)c(C(C)CC2CC2C(=O)O)cc1OCC. The van der Waals surface area contributed by atoms with Crippen molar-refractivity contribution in [3.05, 3.63) is 23.5 Å². The molecule has 0 bridgehead atoms. The number of ether oxygens (including phenoxy) is 2. The Labute approximate surface area is 130 Å². The molecule has 0 aromatic heterocycles. The van der Waals surface area contributed by atoms with Crippen molar-refractivity contribution in [1.82, 2.24) is 0 Å². The largest absolute Gasteiger partial charge is 0.490 e. The third-order valence-electron chi connectivity index (χ3n) is 4.09. The van der Waals surface area contributed by atoms with Gasteiger partial charge in [-0.25, -0.2) is 4.39 Å². The van der Waals surface area contributed by atoms with Gasteiger partial charge in [-0.15, -0.1) is 0 Å². The van der Waals surface area contributed by atoms with E-state index in [4.69, 9.17) is 14.6 Å². The first kappa shape index (κ1) is 16.6. The van der Waals surface area contributed by atoms with Gasteiger partial charge in [0.2, 0.25) is 0 Å². The van der Waals surface area contributed by atoms with Crippen molar-refractivity contribution in [2.45, 2.75) is 39.5 Å².